The molecule has 0 saturated carbocycles. The lowest BCUT2D eigenvalue weighted by atomic mass is 10.3. The van der Waals surface area contributed by atoms with Crippen LogP contribution in [0.3, 0.4) is 0 Å². The van der Waals surface area contributed by atoms with E-state index in [4.69, 9.17) is 33.7 Å². The first kappa shape index (κ1) is 15.3. The van der Waals surface area contributed by atoms with Crippen LogP contribution in [-0.2, 0) is 5.75 Å². The highest BCUT2D eigenvalue weighted by Crippen LogP contribution is 2.33. The van der Waals surface area contributed by atoms with Crippen LogP contribution < -0.4 is 10.5 Å². The van der Waals surface area contributed by atoms with E-state index >= 15 is 0 Å². The maximum atomic E-state index is 6.12. The lowest BCUT2D eigenvalue weighted by molar-refractivity contribution is 0.339. The predicted molar refractivity (Wildman–Crippen MR) is 85.8 cm³/mol. The van der Waals surface area contributed by atoms with E-state index in [2.05, 4.69) is 4.98 Å². The Balaban J connectivity index is 2.11. The van der Waals surface area contributed by atoms with Crippen molar-refractivity contribution >= 4 is 40.7 Å². The van der Waals surface area contributed by atoms with Crippen molar-refractivity contribution in [1.82, 2.24) is 4.98 Å². The Morgan fingerprint density at radius 2 is 2.10 bits per heavy atom. The number of nitrogen functional groups attached to an aromatic ring is 1. The third-order valence-electron chi connectivity index (χ3n) is 2.58. The minimum Gasteiger partial charge on any atom is -0.494 e. The van der Waals surface area contributed by atoms with E-state index in [9.17, 15) is 0 Å². The number of thioether (sulfide) groups is 1. The topological polar surface area (TPSA) is 48.1 Å². The van der Waals surface area contributed by atoms with Gasteiger partial charge in [0.05, 0.1) is 6.61 Å². The highest BCUT2D eigenvalue weighted by molar-refractivity contribution is 7.98. The summed E-state index contributed by atoms with van der Waals surface area (Å²) in [5.41, 5.74) is 7.60. The molecule has 1 heterocycles. The summed E-state index contributed by atoms with van der Waals surface area (Å²) in [6.07, 6.45) is 1.68. The fraction of sp³-hybridized carbons (Fsp3) is 0.214. The molecule has 0 amide bonds. The fourth-order valence-corrected chi connectivity index (χ4v) is 3.08. The zero-order chi connectivity index (χ0) is 14.5. The van der Waals surface area contributed by atoms with E-state index in [1.54, 1.807) is 24.0 Å². The highest BCUT2D eigenvalue weighted by atomic mass is 35.5. The standard InChI is InChI=1S/C14H14Cl2N2OS/c1-2-19-10-3-4-12(17)13(5-10)20-8-9-7-18-14(16)6-11(9)15/h3-7H,2,8,17H2,1H3. The van der Waals surface area contributed by atoms with Gasteiger partial charge < -0.3 is 10.5 Å². The molecule has 0 spiro atoms. The Kier molecular flexibility index (Phi) is 5.40. The second-order valence-electron chi connectivity index (χ2n) is 4.02. The van der Waals surface area contributed by atoms with Crippen molar-refractivity contribution in [3.8, 4) is 5.75 Å². The summed E-state index contributed by atoms with van der Waals surface area (Å²) in [6, 6.07) is 7.27. The molecule has 2 aromatic rings. The minimum absolute atomic E-state index is 0.390. The van der Waals surface area contributed by atoms with E-state index in [0.717, 1.165) is 21.9 Å². The molecule has 0 aliphatic heterocycles. The molecule has 2 N–H and O–H groups in total. The molecule has 0 unspecified atom stereocenters. The first-order valence-corrected chi connectivity index (χ1v) is 7.79. The number of hydrogen-bond acceptors (Lipinski definition) is 4. The van der Waals surface area contributed by atoms with Crippen molar-refractivity contribution in [3.63, 3.8) is 0 Å². The first-order valence-electron chi connectivity index (χ1n) is 6.05. The van der Waals surface area contributed by atoms with Gasteiger partial charge in [-0.3, -0.25) is 0 Å². The monoisotopic (exact) mass is 328 g/mol. The Bertz CT molecular complexity index is 608. The number of nitrogens with zero attached hydrogens (tertiary/aromatic N) is 1. The molecule has 20 heavy (non-hydrogen) atoms. The van der Waals surface area contributed by atoms with Gasteiger partial charge in [0, 0.05) is 27.6 Å². The number of anilines is 1. The Labute approximate surface area is 132 Å². The Morgan fingerprint density at radius 3 is 2.80 bits per heavy atom. The van der Waals surface area contributed by atoms with Gasteiger partial charge in [-0.05, 0) is 36.8 Å². The van der Waals surface area contributed by atoms with Crippen molar-refractivity contribution in [1.29, 1.82) is 0 Å². The number of ether oxygens (including phenoxy) is 1. The molecule has 0 radical (unpaired) electrons. The van der Waals surface area contributed by atoms with Crippen LogP contribution in [0.25, 0.3) is 0 Å². The van der Waals surface area contributed by atoms with Crippen LogP contribution in [0, 0.1) is 0 Å². The van der Waals surface area contributed by atoms with Gasteiger partial charge in [-0.1, -0.05) is 23.2 Å². The normalized spacial score (nSPS) is 10.6. The Hall–Kier alpha value is -1.10. The van der Waals surface area contributed by atoms with Crippen molar-refractivity contribution < 1.29 is 4.74 Å². The number of hydrogen-bond donors (Lipinski definition) is 1. The van der Waals surface area contributed by atoms with Gasteiger partial charge in [-0.15, -0.1) is 11.8 Å². The van der Waals surface area contributed by atoms with Crippen LogP contribution in [0.1, 0.15) is 12.5 Å². The molecule has 2 rings (SSSR count). The van der Waals surface area contributed by atoms with Crippen LogP contribution in [0.5, 0.6) is 5.75 Å². The van der Waals surface area contributed by atoms with E-state index < -0.39 is 0 Å². The number of halogens is 2. The van der Waals surface area contributed by atoms with Gasteiger partial charge in [0.25, 0.3) is 0 Å². The van der Waals surface area contributed by atoms with E-state index in [0.29, 0.717) is 22.5 Å². The molecule has 0 aliphatic carbocycles. The predicted octanol–water partition coefficient (Wildman–Crippen LogP) is 4.66. The molecular formula is C14H14Cl2N2OS. The smallest absolute Gasteiger partial charge is 0.130 e. The summed E-state index contributed by atoms with van der Waals surface area (Å²) in [7, 11) is 0. The third kappa shape index (κ3) is 3.95. The van der Waals surface area contributed by atoms with Crippen molar-refractivity contribution in [2.45, 2.75) is 17.6 Å². The second kappa shape index (κ2) is 7.07. The molecule has 0 atom stereocenters. The number of benzene rings is 1. The highest BCUT2D eigenvalue weighted by Gasteiger charge is 2.07. The zero-order valence-corrected chi connectivity index (χ0v) is 13.2. The zero-order valence-electron chi connectivity index (χ0n) is 10.9. The third-order valence-corrected chi connectivity index (χ3v) is 4.25. The lowest BCUT2D eigenvalue weighted by Gasteiger charge is -2.09. The molecule has 1 aromatic heterocycles. The van der Waals surface area contributed by atoms with E-state index in [1.807, 2.05) is 25.1 Å². The minimum atomic E-state index is 0.390. The number of aromatic nitrogens is 1. The van der Waals surface area contributed by atoms with Gasteiger partial charge in [-0.2, -0.15) is 0 Å². The lowest BCUT2D eigenvalue weighted by Crippen LogP contribution is -1.94. The summed E-state index contributed by atoms with van der Waals surface area (Å²) in [5.74, 6) is 1.48. The molecule has 0 aliphatic rings. The van der Waals surface area contributed by atoms with Crippen LogP contribution >= 0.6 is 35.0 Å². The van der Waals surface area contributed by atoms with Crippen LogP contribution in [0.15, 0.2) is 35.4 Å². The summed E-state index contributed by atoms with van der Waals surface area (Å²) >= 11 is 13.5. The molecule has 6 heteroatoms. The fourth-order valence-electron chi connectivity index (χ4n) is 1.59. The largest absolute Gasteiger partial charge is 0.494 e. The van der Waals surface area contributed by atoms with Crippen molar-refractivity contribution in [3.05, 3.63) is 46.2 Å². The number of rotatable bonds is 5. The quantitative estimate of drug-likeness (QED) is 0.492. The average molecular weight is 329 g/mol. The van der Waals surface area contributed by atoms with Gasteiger partial charge >= 0.3 is 0 Å². The van der Waals surface area contributed by atoms with E-state index in [1.165, 1.54) is 0 Å². The number of nitrogens with two attached hydrogens (primary N) is 1. The molecule has 3 nitrogen and oxygen atoms in total. The molecule has 1 aromatic carbocycles. The van der Waals surface area contributed by atoms with Gasteiger partial charge in [-0.25, -0.2) is 4.98 Å². The SMILES string of the molecule is CCOc1ccc(N)c(SCc2cnc(Cl)cc2Cl)c1. The molecule has 0 fully saturated rings. The molecule has 106 valence electrons. The van der Waals surface area contributed by atoms with Gasteiger partial charge in [0.2, 0.25) is 0 Å². The average Bonchev–Trinajstić information content (AvgIpc) is 2.41. The molecule has 0 bridgehead atoms. The Morgan fingerprint density at radius 1 is 1.30 bits per heavy atom. The summed E-state index contributed by atoms with van der Waals surface area (Å²) in [5, 5.41) is 0.999. The summed E-state index contributed by atoms with van der Waals surface area (Å²) in [4.78, 5) is 4.99. The van der Waals surface area contributed by atoms with Gasteiger partial charge in [0.1, 0.15) is 10.9 Å². The van der Waals surface area contributed by atoms with Crippen LogP contribution in [-0.4, -0.2) is 11.6 Å². The molecule has 0 saturated heterocycles. The maximum absolute atomic E-state index is 6.12. The van der Waals surface area contributed by atoms with Crippen LogP contribution in [0.4, 0.5) is 5.69 Å². The van der Waals surface area contributed by atoms with Crippen molar-refractivity contribution in [2.24, 2.45) is 0 Å². The van der Waals surface area contributed by atoms with E-state index in [-0.39, 0.29) is 0 Å². The second-order valence-corrected chi connectivity index (χ2v) is 5.83. The number of pyridine rings is 1. The van der Waals surface area contributed by atoms with Gasteiger partial charge in [0.15, 0.2) is 0 Å². The first-order chi connectivity index (χ1) is 9.60. The van der Waals surface area contributed by atoms with Crippen LogP contribution in [0.2, 0.25) is 10.2 Å². The maximum Gasteiger partial charge on any atom is 0.130 e. The molecular weight excluding hydrogens is 315 g/mol. The summed E-state index contributed by atoms with van der Waals surface area (Å²) in [6.45, 7) is 2.57. The summed E-state index contributed by atoms with van der Waals surface area (Å²) < 4.78 is 5.47. The van der Waals surface area contributed by atoms with Crippen molar-refractivity contribution in [2.75, 3.05) is 12.3 Å².